The molecule has 8 nitrogen and oxygen atoms in total. The van der Waals surface area contributed by atoms with Crippen molar-refractivity contribution in [2.75, 3.05) is 0 Å². The van der Waals surface area contributed by atoms with Crippen molar-refractivity contribution in [1.82, 2.24) is 40.3 Å². The number of hydrogen-bond acceptors (Lipinski definition) is 8. The molecular weight excluding hydrogens is 376 g/mol. The van der Waals surface area contributed by atoms with Gasteiger partial charge in [0.05, 0.1) is 23.8 Å². The molecule has 4 heterocycles. The maximum Gasteiger partial charge on any atom is 0.182 e. The highest BCUT2D eigenvalue weighted by molar-refractivity contribution is 5.65. The number of hydrogen-bond donors (Lipinski definition) is 0. The van der Waals surface area contributed by atoms with Crippen LogP contribution in [0.1, 0.15) is 0 Å². The summed E-state index contributed by atoms with van der Waals surface area (Å²) in [5.74, 6) is 1.04. The fourth-order valence-corrected chi connectivity index (χ4v) is 2.90. The van der Waals surface area contributed by atoms with E-state index in [-0.39, 0.29) is 0 Å². The smallest absolute Gasteiger partial charge is 0.182 e. The monoisotopic (exact) mass is 390 g/mol. The van der Waals surface area contributed by atoms with E-state index in [2.05, 4.69) is 40.3 Å². The lowest BCUT2D eigenvalue weighted by Gasteiger charge is -2.05. The van der Waals surface area contributed by atoms with Gasteiger partial charge < -0.3 is 0 Å². The molecule has 0 aliphatic carbocycles. The summed E-state index contributed by atoms with van der Waals surface area (Å²) in [6.07, 6.45) is 6.64. The number of aromatic nitrogens is 8. The predicted molar refractivity (Wildman–Crippen MR) is 111 cm³/mol. The second-order valence-corrected chi connectivity index (χ2v) is 6.34. The first-order chi connectivity index (χ1) is 14.9. The Kier molecular flexibility index (Phi) is 4.63. The maximum atomic E-state index is 4.58. The summed E-state index contributed by atoms with van der Waals surface area (Å²) in [7, 11) is 0. The Labute approximate surface area is 171 Å². The minimum atomic E-state index is 0.519. The quantitative estimate of drug-likeness (QED) is 0.459. The van der Waals surface area contributed by atoms with E-state index in [0.29, 0.717) is 23.0 Å². The van der Waals surface area contributed by atoms with E-state index >= 15 is 0 Å². The van der Waals surface area contributed by atoms with Gasteiger partial charge >= 0.3 is 0 Å². The van der Waals surface area contributed by atoms with Gasteiger partial charge in [0.2, 0.25) is 0 Å². The van der Waals surface area contributed by atoms with E-state index < -0.39 is 0 Å². The van der Waals surface area contributed by atoms with Crippen molar-refractivity contribution in [2.45, 2.75) is 0 Å². The van der Waals surface area contributed by atoms with Crippen molar-refractivity contribution in [1.29, 1.82) is 0 Å². The molecule has 4 aromatic heterocycles. The molecule has 0 fully saturated rings. The van der Waals surface area contributed by atoms with Crippen molar-refractivity contribution in [3.05, 3.63) is 85.5 Å². The molecule has 0 bridgehead atoms. The lowest BCUT2D eigenvalue weighted by Crippen LogP contribution is -1.97. The van der Waals surface area contributed by atoms with Crippen LogP contribution < -0.4 is 0 Å². The van der Waals surface area contributed by atoms with Gasteiger partial charge in [-0.25, -0.2) is 9.97 Å². The van der Waals surface area contributed by atoms with Gasteiger partial charge in [0, 0.05) is 23.5 Å². The van der Waals surface area contributed by atoms with Crippen LogP contribution >= 0.6 is 0 Å². The van der Waals surface area contributed by atoms with Crippen molar-refractivity contribution in [3.63, 3.8) is 0 Å². The largest absolute Gasteiger partial charge is 0.255 e. The van der Waals surface area contributed by atoms with Crippen LogP contribution in [0.3, 0.4) is 0 Å². The molecule has 0 atom stereocenters. The highest BCUT2D eigenvalue weighted by Gasteiger charge is 2.09. The van der Waals surface area contributed by atoms with E-state index in [9.17, 15) is 0 Å². The number of rotatable bonds is 4. The molecule has 30 heavy (non-hydrogen) atoms. The highest BCUT2D eigenvalue weighted by atomic mass is 15.2. The molecular formula is C22H14N8. The standard InChI is InChI=1S/C22H14N8/c1-3-11-23-17(5-1)19-13-25-29-21(27-19)15-7-9-16(10-8-15)22-28-20(14-26-30-22)18-6-2-4-12-24-18/h1-14H. The van der Waals surface area contributed by atoms with Crippen molar-refractivity contribution in [3.8, 4) is 45.6 Å². The summed E-state index contributed by atoms with van der Waals surface area (Å²) >= 11 is 0. The van der Waals surface area contributed by atoms with Gasteiger partial charge in [-0.05, 0) is 24.3 Å². The zero-order valence-electron chi connectivity index (χ0n) is 15.7. The first-order valence-electron chi connectivity index (χ1n) is 9.20. The van der Waals surface area contributed by atoms with Crippen LogP contribution in [0, 0.1) is 0 Å². The summed E-state index contributed by atoms with van der Waals surface area (Å²) in [4.78, 5) is 17.8. The minimum Gasteiger partial charge on any atom is -0.255 e. The van der Waals surface area contributed by atoms with Crippen molar-refractivity contribution in [2.24, 2.45) is 0 Å². The Morgan fingerprint density at radius 1 is 0.467 bits per heavy atom. The molecule has 0 spiro atoms. The first kappa shape index (κ1) is 17.6. The van der Waals surface area contributed by atoms with E-state index in [4.69, 9.17) is 0 Å². The Hall–Kier alpha value is -4.46. The third kappa shape index (κ3) is 3.61. The molecule has 0 amide bonds. The van der Waals surface area contributed by atoms with E-state index in [1.54, 1.807) is 24.8 Å². The Balaban J connectivity index is 1.44. The van der Waals surface area contributed by atoms with Gasteiger partial charge in [0.25, 0.3) is 0 Å². The van der Waals surface area contributed by atoms with Crippen LogP contribution in [0.5, 0.6) is 0 Å². The van der Waals surface area contributed by atoms with E-state index in [1.807, 2.05) is 60.7 Å². The van der Waals surface area contributed by atoms with Gasteiger partial charge in [-0.15, -0.1) is 10.2 Å². The summed E-state index contributed by atoms with van der Waals surface area (Å²) in [5.41, 5.74) is 4.49. The van der Waals surface area contributed by atoms with E-state index in [1.165, 1.54) is 0 Å². The molecule has 0 aliphatic heterocycles. The molecule has 1 aromatic carbocycles. The number of nitrogens with zero attached hydrogens (tertiary/aromatic N) is 8. The first-order valence-corrected chi connectivity index (χ1v) is 9.20. The minimum absolute atomic E-state index is 0.519. The van der Waals surface area contributed by atoms with Crippen LogP contribution in [0.15, 0.2) is 85.5 Å². The van der Waals surface area contributed by atoms with Crippen LogP contribution in [-0.4, -0.2) is 40.3 Å². The zero-order valence-corrected chi connectivity index (χ0v) is 15.7. The molecule has 0 aliphatic rings. The molecule has 0 saturated carbocycles. The van der Waals surface area contributed by atoms with Crippen LogP contribution in [0.4, 0.5) is 0 Å². The van der Waals surface area contributed by atoms with Gasteiger partial charge in [0.15, 0.2) is 11.6 Å². The van der Waals surface area contributed by atoms with Crippen LogP contribution in [0.25, 0.3) is 45.6 Å². The number of pyridine rings is 2. The van der Waals surface area contributed by atoms with Gasteiger partial charge in [-0.2, -0.15) is 10.2 Å². The number of benzene rings is 1. The van der Waals surface area contributed by atoms with Gasteiger partial charge in [-0.3, -0.25) is 9.97 Å². The average Bonchev–Trinajstić information content (AvgIpc) is 2.85. The fourth-order valence-electron chi connectivity index (χ4n) is 2.90. The second-order valence-electron chi connectivity index (χ2n) is 6.34. The third-order valence-electron chi connectivity index (χ3n) is 4.37. The predicted octanol–water partition coefficient (Wildman–Crippen LogP) is 3.51. The molecule has 0 N–H and O–H groups in total. The maximum absolute atomic E-state index is 4.58. The summed E-state index contributed by atoms with van der Waals surface area (Å²) < 4.78 is 0. The fraction of sp³-hybridized carbons (Fsp3) is 0. The zero-order chi connectivity index (χ0) is 20.2. The second kappa shape index (κ2) is 7.88. The average molecular weight is 390 g/mol. The molecule has 0 saturated heterocycles. The molecule has 142 valence electrons. The van der Waals surface area contributed by atoms with Gasteiger partial charge in [-0.1, -0.05) is 36.4 Å². The normalized spacial score (nSPS) is 10.7. The molecule has 0 radical (unpaired) electrons. The Morgan fingerprint density at radius 3 is 1.33 bits per heavy atom. The molecule has 5 rings (SSSR count). The van der Waals surface area contributed by atoms with Crippen molar-refractivity contribution >= 4 is 0 Å². The molecule has 0 unspecified atom stereocenters. The SMILES string of the molecule is c1ccc(-c2cnnc(-c3ccc(-c4nncc(-c5ccccn5)n4)cc3)n2)nc1. The summed E-state index contributed by atoms with van der Waals surface area (Å²) in [6, 6.07) is 18.9. The van der Waals surface area contributed by atoms with Crippen molar-refractivity contribution < 1.29 is 0 Å². The highest BCUT2D eigenvalue weighted by Crippen LogP contribution is 2.23. The topological polar surface area (TPSA) is 103 Å². The summed E-state index contributed by atoms with van der Waals surface area (Å²) in [6.45, 7) is 0. The Morgan fingerprint density at radius 2 is 0.933 bits per heavy atom. The lowest BCUT2D eigenvalue weighted by molar-refractivity contribution is 0.976. The van der Waals surface area contributed by atoms with Crippen LogP contribution in [-0.2, 0) is 0 Å². The molecule has 8 heteroatoms. The van der Waals surface area contributed by atoms with E-state index in [0.717, 1.165) is 22.5 Å². The Bertz CT molecular complexity index is 1170. The molecule has 5 aromatic rings. The lowest BCUT2D eigenvalue weighted by atomic mass is 10.1. The summed E-state index contributed by atoms with van der Waals surface area (Å²) in [5, 5.41) is 16.4. The van der Waals surface area contributed by atoms with Crippen LogP contribution in [0.2, 0.25) is 0 Å². The van der Waals surface area contributed by atoms with Gasteiger partial charge in [0.1, 0.15) is 11.4 Å². The third-order valence-corrected chi connectivity index (χ3v) is 4.37.